The number of rotatable bonds is 8. The first-order chi connectivity index (χ1) is 19.8. The zero-order valence-electron chi connectivity index (χ0n) is 23.2. The number of carbonyl (C=O) groups is 1. The molecule has 1 aliphatic carbocycles. The Bertz CT molecular complexity index is 1360. The molecule has 1 aromatic carbocycles. The van der Waals surface area contributed by atoms with Crippen LogP contribution in [0, 0.1) is 5.82 Å². The Morgan fingerprint density at radius 1 is 1.07 bits per heavy atom. The van der Waals surface area contributed by atoms with Crippen LogP contribution in [-0.2, 0) is 0 Å². The number of H-pyrrole nitrogens is 1. The van der Waals surface area contributed by atoms with Crippen LogP contribution in [0.15, 0.2) is 30.5 Å². The summed E-state index contributed by atoms with van der Waals surface area (Å²) in [7, 11) is 2.16. The summed E-state index contributed by atoms with van der Waals surface area (Å²) in [6, 6.07) is 7.20. The molecule has 0 bridgehead atoms. The molecule has 6 N–H and O–H groups in total. The molecule has 1 saturated carbocycles. The minimum absolute atomic E-state index is 0.00129. The number of nitrogens with zero attached hydrogens (tertiary/aromatic N) is 6. The molecule has 3 aromatic rings. The molecule has 2 saturated heterocycles. The average Bonchev–Trinajstić information content (AvgIpc) is 3.48. The maximum atomic E-state index is 15.4. The molecule has 41 heavy (non-hydrogen) atoms. The lowest BCUT2D eigenvalue weighted by Crippen LogP contribution is -2.52. The summed E-state index contributed by atoms with van der Waals surface area (Å²) in [4.78, 5) is 28.5. The number of hydrogen-bond donors (Lipinski definition) is 5. The van der Waals surface area contributed by atoms with E-state index in [9.17, 15) is 9.90 Å². The molecule has 218 valence electrons. The van der Waals surface area contributed by atoms with E-state index in [1.807, 2.05) is 0 Å². The van der Waals surface area contributed by atoms with Crippen molar-refractivity contribution in [2.75, 3.05) is 61.8 Å². The van der Waals surface area contributed by atoms with E-state index in [4.69, 9.17) is 5.73 Å². The number of primary amides is 1. The van der Waals surface area contributed by atoms with Crippen molar-refractivity contribution in [3.05, 3.63) is 42.0 Å². The van der Waals surface area contributed by atoms with E-state index in [0.29, 0.717) is 47.5 Å². The van der Waals surface area contributed by atoms with Crippen LogP contribution in [0.3, 0.4) is 0 Å². The largest absolute Gasteiger partial charge is 0.393 e. The lowest BCUT2D eigenvalue weighted by molar-refractivity contribution is 0.0835. The summed E-state index contributed by atoms with van der Waals surface area (Å²) >= 11 is 0. The lowest BCUT2D eigenvalue weighted by atomic mass is 9.89. The van der Waals surface area contributed by atoms with Crippen LogP contribution in [-0.4, -0.2) is 105 Å². The van der Waals surface area contributed by atoms with Crippen molar-refractivity contribution in [3.63, 3.8) is 0 Å². The number of amides is 1. The molecule has 2 aromatic heterocycles. The molecule has 0 unspecified atom stereocenters. The van der Waals surface area contributed by atoms with E-state index in [2.05, 4.69) is 52.5 Å². The molecule has 2 aliphatic heterocycles. The van der Waals surface area contributed by atoms with Crippen LogP contribution in [0.25, 0.3) is 11.4 Å². The van der Waals surface area contributed by atoms with Gasteiger partial charge < -0.3 is 31.3 Å². The smallest absolute Gasteiger partial charge is 0.271 e. The normalized spacial score (nSPS) is 22.4. The highest BCUT2D eigenvalue weighted by Crippen LogP contribution is 2.33. The zero-order chi connectivity index (χ0) is 28.5. The maximum Gasteiger partial charge on any atom is 0.271 e. The Labute approximate surface area is 238 Å². The number of halogens is 1. The molecule has 4 heterocycles. The van der Waals surface area contributed by atoms with Crippen molar-refractivity contribution < 1.29 is 14.3 Å². The number of aromatic amines is 1. The number of aliphatic hydroxyl groups excluding tert-OH is 1. The number of piperidine rings is 1. The van der Waals surface area contributed by atoms with E-state index in [1.54, 1.807) is 24.4 Å². The highest BCUT2D eigenvalue weighted by Gasteiger charge is 2.30. The van der Waals surface area contributed by atoms with Crippen LogP contribution in [0.2, 0.25) is 0 Å². The van der Waals surface area contributed by atoms with E-state index in [1.165, 1.54) is 6.07 Å². The van der Waals surface area contributed by atoms with Gasteiger partial charge in [-0.05, 0) is 57.0 Å². The van der Waals surface area contributed by atoms with E-state index >= 15 is 4.39 Å². The van der Waals surface area contributed by atoms with Gasteiger partial charge in [-0.3, -0.25) is 14.8 Å². The lowest BCUT2D eigenvalue weighted by Gasteiger charge is -2.42. The first kappa shape index (κ1) is 27.4. The fourth-order valence-electron chi connectivity index (χ4n) is 5.90. The van der Waals surface area contributed by atoms with Gasteiger partial charge in [-0.1, -0.05) is 0 Å². The van der Waals surface area contributed by atoms with Crippen LogP contribution >= 0.6 is 0 Å². The second-order valence-corrected chi connectivity index (χ2v) is 11.3. The van der Waals surface area contributed by atoms with Gasteiger partial charge >= 0.3 is 0 Å². The van der Waals surface area contributed by atoms with Gasteiger partial charge in [0.25, 0.3) is 5.91 Å². The fourth-order valence-corrected chi connectivity index (χ4v) is 5.90. The van der Waals surface area contributed by atoms with E-state index < -0.39 is 5.91 Å². The third-order valence-electron chi connectivity index (χ3n) is 8.40. The summed E-state index contributed by atoms with van der Waals surface area (Å²) < 4.78 is 15.4. The number of aromatic nitrogens is 4. The van der Waals surface area contributed by atoms with E-state index in [0.717, 1.165) is 52.1 Å². The third-order valence-corrected chi connectivity index (χ3v) is 8.40. The first-order valence-electron chi connectivity index (χ1n) is 14.2. The van der Waals surface area contributed by atoms with E-state index in [-0.39, 0.29) is 29.5 Å². The third kappa shape index (κ3) is 5.97. The monoisotopic (exact) mass is 564 g/mol. The molecule has 0 radical (unpaired) electrons. The van der Waals surface area contributed by atoms with Crippen molar-refractivity contribution in [1.29, 1.82) is 0 Å². The average molecular weight is 565 g/mol. The molecule has 13 heteroatoms. The van der Waals surface area contributed by atoms with Gasteiger partial charge in [-0.15, -0.1) is 0 Å². The molecule has 3 aliphatic rings. The summed E-state index contributed by atoms with van der Waals surface area (Å²) in [6.45, 7) is 5.98. The first-order valence-corrected chi connectivity index (χ1v) is 14.2. The molecule has 3 fully saturated rings. The Morgan fingerprint density at radius 3 is 2.46 bits per heavy atom. The van der Waals surface area contributed by atoms with Gasteiger partial charge in [0.15, 0.2) is 17.3 Å². The number of likely N-dealkylation sites (N-methyl/N-ethyl adjacent to an activating group) is 1. The van der Waals surface area contributed by atoms with Gasteiger partial charge in [0.1, 0.15) is 17.2 Å². The van der Waals surface area contributed by atoms with Gasteiger partial charge in [-0.25, -0.2) is 14.4 Å². The van der Waals surface area contributed by atoms with Gasteiger partial charge in [0, 0.05) is 63.2 Å². The summed E-state index contributed by atoms with van der Waals surface area (Å²) in [6.07, 6.45) is 4.44. The minimum Gasteiger partial charge on any atom is -0.393 e. The zero-order valence-corrected chi connectivity index (χ0v) is 23.2. The Kier molecular flexibility index (Phi) is 7.73. The molecular formula is C28H37FN10O2. The van der Waals surface area contributed by atoms with Gasteiger partial charge in [0.05, 0.1) is 11.8 Å². The number of nitrogens with one attached hydrogen (secondary N) is 3. The maximum absolute atomic E-state index is 15.4. The van der Waals surface area contributed by atoms with Crippen molar-refractivity contribution in [2.45, 2.75) is 43.9 Å². The number of hydrogen-bond acceptors (Lipinski definition) is 10. The quantitative estimate of drug-likeness (QED) is 0.275. The molecule has 0 spiro atoms. The standard InChI is InChI=1S/C28H37FN10O2/c1-37-10-12-38(13-11-37)19-5-8-39(9-6-19)23-3-2-17(16-21(23)29)32-28-25(26(30)41)34-24(22-4-7-31-36-22)27(35-28)33-18-14-20(40)15-18/h2-4,7,16,18-20,40H,5-6,8-15H2,1H3,(H2,30,41)(H,31,36)(H2,32,33,35)/t18-,20+. The van der Waals surface area contributed by atoms with Crippen LogP contribution in [0.1, 0.15) is 36.2 Å². The van der Waals surface area contributed by atoms with Gasteiger partial charge in [-0.2, -0.15) is 5.10 Å². The molecule has 6 rings (SSSR count). The predicted molar refractivity (Wildman–Crippen MR) is 155 cm³/mol. The van der Waals surface area contributed by atoms with Crippen LogP contribution in [0.5, 0.6) is 0 Å². The number of piperazine rings is 1. The van der Waals surface area contributed by atoms with Crippen LogP contribution < -0.4 is 21.3 Å². The number of nitrogens with two attached hydrogens (primary N) is 1. The van der Waals surface area contributed by atoms with Gasteiger partial charge in [0.2, 0.25) is 0 Å². The molecular weight excluding hydrogens is 527 g/mol. The molecule has 0 atom stereocenters. The summed E-state index contributed by atoms with van der Waals surface area (Å²) in [5.74, 6) is -0.625. The topological polar surface area (TPSA) is 152 Å². The van der Waals surface area contributed by atoms with Crippen molar-refractivity contribution >= 4 is 28.9 Å². The minimum atomic E-state index is -0.775. The summed E-state index contributed by atoms with van der Waals surface area (Å²) in [5.41, 5.74) is 7.41. The van der Waals surface area contributed by atoms with Crippen molar-refractivity contribution in [2.24, 2.45) is 5.73 Å². The van der Waals surface area contributed by atoms with Crippen LogP contribution in [0.4, 0.5) is 27.4 Å². The fraction of sp³-hybridized carbons (Fsp3) is 0.500. The van der Waals surface area contributed by atoms with Crippen molar-refractivity contribution in [3.8, 4) is 11.4 Å². The van der Waals surface area contributed by atoms with Crippen molar-refractivity contribution in [1.82, 2.24) is 30.0 Å². The highest BCUT2D eigenvalue weighted by atomic mass is 19.1. The number of anilines is 4. The highest BCUT2D eigenvalue weighted by molar-refractivity contribution is 5.97. The number of benzene rings is 1. The Balaban J connectivity index is 1.19. The number of carbonyl (C=O) groups excluding carboxylic acids is 1. The SMILES string of the molecule is CN1CCN(C2CCN(c3ccc(Nc4nc(N[C@H]5C[C@@H](O)C5)c(-c5cc[nH]n5)nc4C(N)=O)cc3F)CC2)CC1. The number of aliphatic hydroxyl groups is 1. The predicted octanol–water partition coefficient (Wildman–Crippen LogP) is 2.00. The second-order valence-electron chi connectivity index (χ2n) is 11.3. The second kappa shape index (κ2) is 11.6. The molecule has 12 nitrogen and oxygen atoms in total. The summed E-state index contributed by atoms with van der Waals surface area (Å²) in [5, 5.41) is 23.0. The Hall–Kier alpha value is -3.81. The Morgan fingerprint density at radius 2 is 1.83 bits per heavy atom. The molecule has 1 amide bonds.